The molecule has 0 amide bonds. The van der Waals surface area contributed by atoms with Gasteiger partial charge in [0, 0.05) is 16.8 Å². The van der Waals surface area contributed by atoms with Crippen LogP contribution in [0.1, 0.15) is 12.8 Å². The van der Waals surface area contributed by atoms with Crippen molar-refractivity contribution in [2.75, 3.05) is 5.88 Å². The van der Waals surface area contributed by atoms with E-state index >= 15 is 0 Å². The number of allylic oxidation sites excluding steroid dienone is 1. The maximum absolute atomic E-state index is 5.91. The van der Waals surface area contributed by atoms with Gasteiger partial charge < -0.3 is 0 Å². The first-order valence-electron chi connectivity index (χ1n) is 3.02. The molecule has 0 aliphatic carbocycles. The molecule has 0 aromatic carbocycles. The maximum Gasteiger partial charge on any atom is 0.124 e. The molecule has 0 aromatic heterocycles. The van der Waals surface area contributed by atoms with E-state index < -0.39 is 4.33 Å². The highest BCUT2D eigenvalue weighted by atomic mass is 79.9. The van der Waals surface area contributed by atoms with Gasteiger partial charge in [-0.05, 0) is 22.4 Å². The van der Waals surface area contributed by atoms with Crippen LogP contribution in [0.15, 0.2) is 8.42 Å². The monoisotopic (exact) mass is 376 g/mol. The summed E-state index contributed by atoms with van der Waals surface area (Å²) in [4.78, 5) is 0. The Balaban J connectivity index is 4.15. The molecule has 0 spiro atoms. The summed E-state index contributed by atoms with van der Waals surface area (Å²) in [6.07, 6.45) is 0.955. The van der Waals surface area contributed by atoms with Gasteiger partial charge in [0.15, 0.2) is 0 Å². The molecule has 0 saturated heterocycles. The molecule has 0 bridgehead atoms. The van der Waals surface area contributed by atoms with Crippen molar-refractivity contribution in [1.82, 2.24) is 0 Å². The van der Waals surface area contributed by atoms with Crippen molar-refractivity contribution in [3.05, 3.63) is 8.42 Å². The third-order valence-electron chi connectivity index (χ3n) is 1.08. The molecule has 0 aliphatic heterocycles. The summed E-state index contributed by atoms with van der Waals surface area (Å²) in [7, 11) is 0. The van der Waals surface area contributed by atoms with Gasteiger partial charge in [0.25, 0.3) is 0 Å². The van der Waals surface area contributed by atoms with Crippen LogP contribution in [0.25, 0.3) is 0 Å². The average Bonchev–Trinajstić information content (AvgIpc) is 1.85. The summed E-state index contributed by atoms with van der Waals surface area (Å²) in [5.41, 5.74) is 0. The maximum atomic E-state index is 5.91. The summed E-state index contributed by atoms with van der Waals surface area (Å²) in [5, 5.41) is 0. The topological polar surface area (TPSA) is 0 Å². The summed E-state index contributed by atoms with van der Waals surface area (Å²) in [5.74, 6) is 0.424. The van der Waals surface area contributed by atoms with E-state index in [-0.39, 0.29) is 0 Å². The van der Waals surface area contributed by atoms with Crippen LogP contribution in [0.2, 0.25) is 0 Å². The predicted molar refractivity (Wildman–Crippen MR) is 65.1 cm³/mol. The Bertz CT molecular complexity index is 174. The lowest BCUT2D eigenvalue weighted by Crippen LogP contribution is -2.13. The molecule has 12 heavy (non-hydrogen) atoms. The van der Waals surface area contributed by atoms with Gasteiger partial charge in [-0.1, -0.05) is 27.5 Å². The molecule has 72 valence electrons. The lowest BCUT2D eigenvalue weighted by molar-refractivity contribution is 0.755. The minimum atomic E-state index is -0.853. The second-order valence-electron chi connectivity index (χ2n) is 2.14. The summed E-state index contributed by atoms with van der Waals surface area (Å²) in [6.45, 7) is 0. The molecule has 6 heteroatoms. The first-order valence-corrected chi connectivity index (χ1v) is 6.28. The van der Waals surface area contributed by atoms with Gasteiger partial charge in [-0.2, -0.15) is 0 Å². The first-order chi connectivity index (χ1) is 5.39. The van der Waals surface area contributed by atoms with Crippen molar-refractivity contribution in [2.45, 2.75) is 17.2 Å². The van der Waals surface area contributed by atoms with E-state index in [1.807, 2.05) is 0 Å². The van der Waals surface area contributed by atoms with Crippen molar-refractivity contribution in [1.29, 1.82) is 0 Å². The Morgan fingerprint density at radius 3 is 2.08 bits per heavy atom. The molecule has 0 fully saturated rings. The average molecular weight is 380 g/mol. The standard InChI is InChI=1S/C6H6Br2Cl4/c7-4(5(8)10)3-6(11,12)1-2-9/h1-3H2. The lowest BCUT2D eigenvalue weighted by atomic mass is 10.2. The molecule has 0 N–H and O–H groups in total. The van der Waals surface area contributed by atoms with E-state index in [9.17, 15) is 0 Å². The highest BCUT2D eigenvalue weighted by Gasteiger charge is 2.24. The summed E-state index contributed by atoms with van der Waals surface area (Å²) < 4.78 is 0.358. The number of halogens is 6. The van der Waals surface area contributed by atoms with Crippen molar-refractivity contribution in [3.63, 3.8) is 0 Å². The Labute approximate surface area is 109 Å². The highest BCUT2D eigenvalue weighted by Crippen LogP contribution is 2.37. The van der Waals surface area contributed by atoms with E-state index in [4.69, 9.17) is 46.4 Å². The normalized spacial score (nSPS) is 14.5. The van der Waals surface area contributed by atoms with Crippen LogP contribution in [0.4, 0.5) is 0 Å². The van der Waals surface area contributed by atoms with Gasteiger partial charge >= 0.3 is 0 Å². The largest absolute Gasteiger partial charge is 0.127 e. The molecule has 0 aromatic rings. The van der Waals surface area contributed by atoms with Crippen molar-refractivity contribution in [2.24, 2.45) is 0 Å². The smallest absolute Gasteiger partial charge is 0.124 e. The SMILES string of the molecule is ClCCC(Cl)(Cl)CC(Br)=C(Cl)Br. The van der Waals surface area contributed by atoms with Crippen LogP contribution >= 0.6 is 78.3 Å². The zero-order valence-corrected chi connectivity index (χ0v) is 12.1. The highest BCUT2D eigenvalue weighted by molar-refractivity contribution is 9.14. The van der Waals surface area contributed by atoms with Crippen LogP contribution in [-0.4, -0.2) is 10.2 Å². The van der Waals surface area contributed by atoms with Crippen molar-refractivity contribution >= 4 is 78.3 Å². The van der Waals surface area contributed by atoms with Crippen LogP contribution in [0.5, 0.6) is 0 Å². The predicted octanol–water partition coefficient (Wildman–Crippen LogP) is 5.38. The summed E-state index contributed by atoms with van der Waals surface area (Å²) in [6, 6.07) is 0. The fourth-order valence-electron chi connectivity index (χ4n) is 0.521. The van der Waals surface area contributed by atoms with Gasteiger partial charge in [0.2, 0.25) is 0 Å². The summed E-state index contributed by atoms with van der Waals surface area (Å²) >= 11 is 29.3. The minimum absolute atomic E-state index is 0.424. The Morgan fingerprint density at radius 2 is 1.75 bits per heavy atom. The van der Waals surface area contributed by atoms with Crippen molar-refractivity contribution < 1.29 is 0 Å². The van der Waals surface area contributed by atoms with E-state index in [0.29, 0.717) is 22.7 Å². The van der Waals surface area contributed by atoms with Crippen molar-refractivity contribution in [3.8, 4) is 0 Å². The molecule has 0 nitrogen and oxygen atoms in total. The molecule has 0 aliphatic rings. The Morgan fingerprint density at radius 1 is 1.25 bits per heavy atom. The minimum Gasteiger partial charge on any atom is -0.127 e. The van der Waals surface area contributed by atoms with Gasteiger partial charge in [-0.3, -0.25) is 0 Å². The third-order valence-corrected chi connectivity index (χ3v) is 4.06. The molecular weight excluding hydrogens is 374 g/mol. The van der Waals surface area contributed by atoms with Gasteiger partial charge in [-0.15, -0.1) is 34.8 Å². The molecule has 0 radical (unpaired) electrons. The molecule has 0 saturated carbocycles. The van der Waals surface area contributed by atoms with E-state index in [0.717, 1.165) is 4.48 Å². The number of hydrogen-bond donors (Lipinski definition) is 0. The third kappa shape index (κ3) is 6.33. The van der Waals surface area contributed by atoms with Crippen LogP contribution in [0.3, 0.4) is 0 Å². The zero-order chi connectivity index (χ0) is 9.78. The fraction of sp³-hybridized carbons (Fsp3) is 0.667. The van der Waals surface area contributed by atoms with Crippen LogP contribution < -0.4 is 0 Å². The molecule has 0 atom stereocenters. The second kappa shape index (κ2) is 6.36. The number of alkyl halides is 3. The van der Waals surface area contributed by atoms with E-state index in [1.54, 1.807) is 0 Å². The zero-order valence-electron chi connectivity index (χ0n) is 5.89. The Hall–Kier alpha value is 1.86. The van der Waals surface area contributed by atoms with Crippen LogP contribution in [-0.2, 0) is 0 Å². The second-order valence-corrected chi connectivity index (χ2v) is 6.74. The lowest BCUT2D eigenvalue weighted by Gasteiger charge is -2.17. The molecule has 0 unspecified atom stereocenters. The Kier molecular flexibility index (Phi) is 7.35. The van der Waals surface area contributed by atoms with E-state index in [2.05, 4.69) is 31.9 Å². The number of hydrogen-bond acceptors (Lipinski definition) is 0. The number of rotatable bonds is 4. The molecule has 0 rings (SSSR count). The van der Waals surface area contributed by atoms with E-state index in [1.165, 1.54) is 0 Å². The quantitative estimate of drug-likeness (QED) is 0.575. The first kappa shape index (κ1) is 13.9. The van der Waals surface area contributed by atoms with Gasteiger partial charge in [0.05, 0.1) is 3.94 Å². The molecule has 0 heterocycles. The fourth-order valence-corrected chi connectivity index (χ4v) is 2.50. The molecular formula is C6H6Br2Cl4. The van der Waals surface area contributed by atoms with Crippen LogP contribution in [0, 0.1) is 0 Å². The van der Waals surface area contributed by atoms with Gasteiger partial charge in [-0.25, -0.2) is 0 Å². The van der Waals surface area contributed by atoms with Gasteiger partial charge in [0.1, 0.15) is 4.33 Å².